The maximum absolute atomic E-state index is 13.5. The number of benzene rings is 1. The van der Waals surface area contributed by atoms with E-state index < -0.39 is 23.7 Å². The van der Waals surface area contributed by atoms with Gasteiger partial charge in [-0.1, -0.05) is 99.8 Å². The maximum Gasteiger partial charge on any atom is 0.433 e. The van der Waals surface area contributed by atoms with Crippen molar-refractivity contribution in [3.05, 3.63) is 88.0 Å². The van der Waals surface area contributed by atoms with Gasteiger partial charge in [0.25, 0.3) is 0 Å². The Bertz CT molecular complexity index is 1850. The van der Waals surface area contributed by atoms with Crippen LogP contribution in [-0.4, -0.2) is 28.1 Å². The van der Waals surface area contributed by atoms with Gasteiger partial charge in [0, 0.05) is 58.8 Å². The Hall–Kier alpha value is -3.95. The first-order chi connectivity index (χ1) is 28.5. The number of hydrogen-bond acceptors (Lipinski definition) is 4. The van der Waals surface area contributed by atoms with Crippen LogP contribution in [0, 0.1) is 50.9 Å². The van der Waals surface area contributed by atoms with Crippen LogP contribution >= 0.6 is 0 Å². The van der Waals surface area contributed by atoms with Crippen molar-refractivity contribution < 1.29 is 31.5 Å². The monoisotopic (exact) mass is 856 g/mol. The van der Waals surface area contributed by atoms with Crippen LogP contribution in [0.4, 0.5) is 22.0 Å². The Morgan fingerprint density at radius 2 is 1.41 bits per heavy atom. The van der Waals surface area contributed by atoms with E-state index in [4.69, 9.17) is 0 Å². The number of carbonyl (C=O) groups is 2. The van der Waals surface area contributed by atoms with Crippen molar-refractivity contribution in [1.29, 1.82) is 0 Å². The molecule has 0 bridgehead atoms. The maximum atomic E-state index is 13.5. The van der Waals surface area contributed by atoms with E-state index in [1.54, 1.807) is 0 Å². The van der Waals surface area contributed by atoms with Crippen LogP contribution in [0.2, 0.25) is 0 Å². The van der Waals surface area contributed by atoms with Gasteiger partial charge in [-0.25, -0.2) is 13.8 Å². The Kier molecular flexibility index (Phi) is 21.5. The second-order valence-electron chi connectivity index (χ2n) is 17.8. The highest BCUT2D eigenvalue weighted by Gasteiger charge is 2.39. The summed E-state index contributed by atoms with van der Waals surface area (Å²) in [6.45, 7) is 28.6. The van der Waals surface area contributed by atoms with Crippen LogP contribution in [0.3, 0.4) is 0 Å². The van der Waals surface area contributed by atoms with E-state index >= 15 is 0 Å². The molecule has 1 aliphatic carbocycles. The average Bonchev–Trinajstić information content (AvgIpc) is 4.03. The number of nitrogens with one attached hydrogen (secondary N) is 1. The number of nitrogens with zero attached hydrogens (tertiary/aromatic N) is 2. The van der Waals surface area contributed by atoms with Crippen LogP contribution < -0.4 is 5.32 Å². The van der Waals surface area contributed by atoms with Gasteiger partial charge >= 0.3 is 6.18 Å². The second kappa shape index (κ2) is 24.6. The minimum atomic E-state index is -4.49. The summed E-state index contributed by atoms with van der Waals surface area (Å²) in [4.78, 5) is 33.8. The molecule has 3 aromatic rings. The van der Waals surface area contributed by atoms with Gasteiger partial charge in [0.15, 0.2) is 0 Å². The molecule has 0 spiro atoms. The molecule has 10 heteroatoms. The van der Waals surface area contributed by atoms with E-state index in [1.807, 2.05) is 40.8 Å². The van der Waals surface area contributed by atoms with E-state index in [-0.39, 0.29) is 30.1 Å². The van der Waals surface area contributed by atoms with Gasteiger partial charge in [0.2, 0.25) is 12.3 Å². The molecule has 1 amide bonds. The van der Waals surface area contributed by atoms with E-state index in [1.165, 1.54) is 28.3 Å². The van der Waals surface area contributed by atoms with Gasteiger partial charge in [-0.3, -0.25) is 14.6 Å². The number of Topliss-reactive ketones (excluding diaryl/α,β-unsaturated/α-hetero) is 1. The fourth-order valence-electron chi connectivity index (χ4n) is 7.56. The Morgan fingerprint density at radius 1 is 0.836 bits per heavy atom. The summed E-state index contributed by atoms with van der Waals surface area (Å²) in [6.07, 6.45) is 4.62. The molecule has 5 nitrogen and oxygen atoms in total. The Balaban J connectivity index is 0.000000370. The van der Waals surface area contributed by atoms with Crippen molar-refractivity contribution in [2.24, 2.45) is 23.2 Å². The molecule has 1 saturated carbocycles. The number of aryl methyl sites for hydroxylation is 4. The van der Waals surface area contributed by atoms with Crippen LogP contribution in [0.15, 0.2) is 43.1 Å². The number of ketones is 1. The number of rotatable bonds is 19. The number of amides is 1. The summed E-state index contributed by atoms with van der Waals surface area (Å²) < 4.78 is 62.4. The van der Waals surface area contributed by atoms with E-state index in [9.17, 15) is 31.5 Å². The zero-order valence-electron chi connectivity index (χ0n) is 39.1. The molecule has 2 atom stereocenters. The minimum Gasteiger partial charge on any atom is -0.326 e. The quantitative estimate of drug-likeness (QED) is 0.122. The van der Waals surface area contributed by atoms with Gasteiger partial charge in [0.05, 0.1) is 5.69 Å². The van der Waals surface area contributed by atoms with Crippen molar-refractivity contribution in [2.45, 2.75) is 179 Å². The summed E-state index contributed by atoms with van der Waals surface area (Å²) >= 11 is 0. The first-order valence-electron chi connectivity index (χ1n) is 22.5. The van der Waals surface area contributed by atoms with E-state index in [0.717, 1.165) is 87.1 Å². The highest BCUT2D eigenvalue weighted by atomic mass is 19.4. The number of hydrogen-bond donors (Lipinski definition) is 1. The lowest BCUT2D eigenvalue weighted by atomic mass is 9.73. The van der Waals surface area contributed by atoms with E-state index in [2.05, 4.69) is 88.5 Å². The Labute approximate surface area is 364 Å². The molecular formula is C51H74F5N3O2. The molecule has 1 N–H and O–H groups in total. The van der Waals surface area contributed by atoms with Gasteiger partial charge in [-0.05, 0) is 124 Å². The lowest BCUT2D eigenvalue weighted by Gasteiger charge is -2.33. The summed E-state index contributed by atoms with van der Waals surface area (Å²) in [5.74, 6) is 1.04. The number of halogens is 5. The molecule has 2 heterocycles. The molecule has 0 saturated heterocycles. The number of aromatic nitrogens is 2. The highest BCUT2D eigenvalue weighted by Crippen LogP contribution is 2.44. The number of alkyl halides is 5. The lowest BCUT2D eigenvalue weighted by molar-refractivity contribution is -0.141. The molecule has 2 unspecified atom stereocenters. The molecule has 1 aliphatic rings. The summed E-state index contributed by atoms with van der Waals surface area (Å²) in [5.41, 5.74) is 8.08. The normalized spacial score (nSPS) is 13.8. The smallest absolute Gasteiger partial charge is 0.326 e. The number of pyridine rings is 2. The van der Waals surface area contributed by atoms with Crippen molar-refractivity contribution in [3.8, 4) is 11.1 Å². The zero-order chi connectivity index (χ0) is 46.2. The van der Waals surface area contributed by atoms with Crippen molar-refractivity contribution in [1.82, 2.24) is 15.3 Å². The summed E-state index contributed by atoms with van der Waals surface area (Å²) in [6, 6.07) is 8.85. The summed E-state index contributed by atoms with van der Waals surface area (Å²) in [7, 11) is 0. The standard InChI is InChI=1S/C25H37F3N2O.C20H25NO.C6H12F2/c1-6-14-24(15-7-2,16-13-17(4)8-3)23(31)29-18(5)20-11-12-21(25(26,27)28)30-22(20)19-9-10-19;1-12(2)19(22)10-17-7-14(4)20(15(5)8-17)18-9-13(3)16(6)21-11-18;1-3-5(2)4-6(7)8/h11-12,17,19H,5-10,13-16H2,1-4H3,(H,29,31);7-9,11-12H,10H2,1-6H3;5-6H,3-4H2,1-2H3. The SMILES string of the molecule is C=C(NC(=O)C(CCC)(CCC)CCC(C)CC)c1ccc(C(F)(F)F)nc1C1CC1.CCC(C)CC(F)F.Cc1cc(-c2c(C)cc(CC(=O)C(C)C)cc2C)cnc1C. The molecule has 1 aromatic carbocycles. The van der Waals surface area contributed by atoms with Gasteiger partial charge in [-0.15, -0.1) is 0 Å². The van der Waals surface area contributed by atoms with Crippen LogP contribution in [-0.2, 0) is 22.2 Å². The third-order valence-corrected chi connectivity index (χ3v) is 12.0. The number of carbonyl (C=O) groups excluding carboxylic acids is 2. The lowest BCUT2D eigenvalue weighted by Crippen LogP contribution is -2.40. The topological polar surface area (TPSA) is 72.0 Å². The predicted octanol–water partition coefficient (Wildman–Crippen LogP) is 14.9. The van der Waals surface area contributed by atoms with Crippen molar-refractivity contribution in [2.75, 3.05) is 0 Å². The minimum absolute atomic E-state index is 0.00685. The molecule has 4 rings (SSSR count). The van der Waals surface area contributed by atoms with Crippen LogP contribution in [0.25, 0.3) is 16.8 Å². The van der Waals surface area contributed by atoms with Gasteiger partial charge < -0.3 is 5.32 Å². The van der Waals surface area contributed by atoms with Crippen LogP contribution in [0.1, 0.15) is 177 Å². The molecular weight excluding hydrogens is 782 g/mol. The zero-order valence-corrected chi connectivity index (χ0v) is 39.1. The van der Waals surface area contributed by atoms with Crippen molar-refractivity contribution in [3.63, 3.8) is 0 Å². The molecule has 340 valence electrons. The molecule has 0 aliphatic heterocycles. The van der Waals surface area contributed by atoms with Gasteiger partial charge in [0.1, 0.15) is 11.5 Å². The third-order valence-electron chi connectivity index (χ3n) is 12.0. The van der Waals surface area contributed by atoms with Crippen LogP contribution in [0.5, 0.6) is 0 Å². The average molecular weight is 856 g/mol. The van der Waals surface area contributed by atoms with Crippen molar-refractivity contribution >= 4 is 17.4 Å². The first kappa shape index (κ1) is 53.2. The fraction of sp³-hybridized carbons (Fsp3) is 0.608. The third kappa shape index (κ3) is 16.7. The first-order valence-corrected chi connectivity index (χ1v) is 22.5. The molecule has 1 fully saturated rings. The predicted molar refractivity (Wildman–Crippen MR) is 242 cm³/mol. The second-order valence-corrected chi connectivity index (χ2v) is 17.8. The van der Waals surface area contributed by atoms with Gasteiger partial charge in [-0.2, -0.15) is 13.2 Å². The summed E-state index contributed by atoms with van der Waals surface area (Å²) in [5, 5.41) is 2.98. The highest BCUT2D eigenvalue weighted by molar-refractivity contribution is 5.91. The largest absolute Gasteiger partial charge is 0.433 e. The fourth-order valence-corrected chi connectivity index (χ4v) is 7.56. The molecule has 0 radical (unpaired) electrons. The molecule has 2 aromatic heterocycles. The Morgan fingerprint density at radius 3 is 1.85 bits per heavy atom. The van der Waals surface area contributed by atoms with E-state index in [0.29, 0.717) is 35.1 Å². The molecule has 61 heavy (non-hydrogen) atoms.